The average molecular weight is 246 g/mol. The molecule has 84 valence electrons. The zero-order chi connectivity index (χ0) is 12.2. The van der Waals surface area contributed by atoms with E-state index in [0.29, 0.717) is 16.1 Å². The number of hydrogen-bond donors (Lipinski definition) is 1. The highest BCUT2D eigenvalue weighted by Crippen LogP contribution is 2.29. The third-order valence-electron chi connectivity index (χ3n) is 2.69. The lowest BCUT2D eigenvalue weighted by Gasteiger charge is -2.12. The van der Waals surface area contributed by atoms with Gasteiger partial charge in [-0.05, 0) is 24.5 Å². The van der Waals surface area contributed by atoms with Crippen LogP contribution in [0.4, 0.5) is 0 Å². The van der Waals surface area contributed by atoms with Crippen molar-refractivity contribution in [3.05, 3.63) is 49.9 Å². The molecular weight excluding hydrogens is 240 g/mol. The number of carbonyl (C=O) groups is 2. The molecule has 1 aliphatic rings. The summed E-state index contributed by atoms with van der Waals surface area (Å²) in [5.74, 6) is -0.588. The van der Waals surface area contributed by atoms with E-state index in [2.05, 4.69) is 9.36 Å². The molecular formula is C11H6N2O3S. The molecule has 0 unspecified atom stereocenters. The molecule has 0 radical (unpaired) electrons. The van der Waals surface area contributed by atoms with Crippen LogP contribution in [0.5, 0.6) is 0 Å². The molecule has 2 aromatic rings. The second-order valence-electron chi connectivity index (χ2n) is 3.74. The van der Waals surface area contributed by atoms with Gasteiger partial charge in [-0.15, -0.1) is 0 Å². The molecule has 3 rings (SSSR count). The molecule has 1 aliphatic carbocycles. The van der Waals surface area contributed by atoms with E-state index in [1.54, 1.807) is 6.92 Å². The fourth-order valence-electron chi connectivity index (χ4n) is 1.88. The molecule has 5 nitrogen and oxygen atoms in total. The Morgan fingerprint density at radius 2 is 1.94 bits per heavy atom. The summed E-state index contributed by atoms with van der Waals surface area (Å²) >= 11 is 0.991. The summed E-state index contributed by atoms with van der Waals surface area (Å²) in [5.41, 5.74) is 0.832. The van der Waals surface area contributed by atoms with E-state index >= 15 is 0 Å². The minimum absolute atomic E-state index is 0.0682. The lowest BCUT2D eigenvalue weighted by atomic mass is 9.92. The van der Waals surface area contributed by atoms with Crippen molar-refractivity contribution >= 4 is 23.1 Å². The van der Waals surface area contributed by atoms with Crippen LogP contribution in [-0.2, 0) is 0 Å². The van der Waals surface area contributed by atoms with Crippen LogP contribution in [0.2, 0.25) is 0 Å². The van der Waals surface area contributed by atoms with Crippen molar-refractivity contribution in [2.75, 3.05) is 0 Å². The van der Waals surface area contributed by atoms with Gasteiger partial charge in [0.2, 0.25) is 11.3 Å². The number of aromatic amines is 1. The number of H-pyrrole nitrogens is 1. The Morgan fingerprint density at radius 3 is 2.71 bits per heavy atom. The Morgan fingerprint density at radius 1 is 1.18 bits per heavy atom. The van der Waals surface area contributed by atoms with Gasteiger partial charge in [0, 0.05) is 6.07 Å². The van der Waals surface area contributed by atoms with Crippen molar-refractivity contribution in [1.29, 1.82) is 0 Å². The first-order chi connectivity index (χ1) is 8.09. The van der Waals surface area contributed by atoms with E-state index < -0.39 is 5.56 Å². The first-order valence-electron chi connectivity index (χ1n) is 4.88. The Hall–Kier alpha value is -2.08. The predicted molar refractivity (Wildman–Crippen MR) is 60.8 cm³/mol. The van der Waals surface area contributed by atoms with Gasteiger partial charge in [-0.1, -0.05) is 0 Å². The highest BCUT2D eigenvalue weighted by Gasteiger charge is 2.34. The molecule has 2 aromatic heterocycles. The van der Waals surface area contributed by atoms with Crippen LogP contribution in [0.3, 0.4) is 0 Å². The highest BCUT2D eigenvalue weighted by molar-refractivity contribution is 7.09. The number of aromatic nitrogens is 2. The molecule has 0 fully saturated rings. The van der Waals surface area contributed by atoms with Crippen LogP contribution in [0.25, 0.3) is 0 Å². The first kappa shape index (κ1) is 10.1. The van der Waals surface area contributed by atoms with Crippen molar-refractivity contribution in [3.8, 4) is 0 Å². The summed E-state index contributed by atoms with van der Waals surface area (Å²) in [5, 5.41) is 0. The van der Waals surface area contributed by atoms with Crippen molar-refractivity contribution in [3.63, 3.8) is 0 Å². The number of nitrogens with one attached hydrogen (secondary N) is 1. The summed E-state index contributed by atoms with van der Waals surface area (Å²) in [6.07, 6.45) is 0. The molecule has 1 N–H and O–H groups in total. The van der Waals surface area contributed by atoms with Gasteiger partial charge in [-0.2, -0.15) is 4.37 Å². The van der Waals surface area contributed by atoms with Gasteiger partial charge in [-0.25, -0.2) is 0 Å². The second-order valence-corrected chi connectivity index (χ2v) is 4.52. The fraction of sp³-hybridized carbons (Fsp3) is 0.0909. The Balaban J connectivity index is 2.38. The number of rotatable bonds is 0. The van der Waals surface area contributed by atoms with Gasteiger partial charge in [0.15, 0.2) is 5.78 Å². The molecule has 0 amide bonds. The predicted octanol–water partition coefficient (Wildman–Crippen LogP) is 0.915. The average Bonchev–Trinajstić information content (AvgIpc) is 2.68. The summed E-state index contributed by atoms with van der Waals surface area (Å²) in [7, 11) is 0. The van der Waals surface area contributed by atoms with Gasteiger partial charge in [-0.3, -0.25) is 14.4 Å². The molecule has 0 spiro atoms. The zero-order valence-corrected chi connectivity index (χ0v) is 9.55. The topological polar surface area (TPSA) is 79.9 Å². The summed E-state index contributed by atoms with van der Waals surface area (Å²) < 4.78 is 4.01. The first-order valence-corrected chi connectivity index (χ1v) is 5.66. The third-order valence-corrected chi connectivity index (χ3v) is 3.62. The van der Waals surface area contributed by atoms with Gasteiger partial charge in [0.25, 0.3) is 0 Å². The lowest BCUT2D eigenvalue weighted by molar-refractivity contribution is 0.0978. The number of carbonyl (C=O) groups excluding carboxylic acids is 2. The quantitative estimate of drug-likeness (QED) is 0.639. The largest absolute Gasteiger partial charge is 0.319 e. The van der Waals surface area contributed by atoms with E-state index in [0.717, 1.165) is 11.5 Å². The molecule has 6 heteroatoms. The summed E-state index contributed by atoms with van der Waals surface area (Å²) in [6.45, 7) is 1.69. The van der Waals surface area contributed by atoms with E-state index in [1.807, 2.05) is 0 Å². The van der Waals surface area contributed by atoms with E-state index in [1.165, 1.54) is 12.1 Å². The molecule has 0 saturated carbocycles. The number of pyridine rings is 1. The molecule has 0 aliphatic heterocycles. The zero-order valence-electron chi connectivity index (χ0n) is 8.73. The normalized spacial score (nSPS) is 13.5. The van der Waals surface area contributed by atoms with Gasteiger partial charge >= 0.3 is 0 Å². The van der Waals surface area contributed by atoms with Crippen LogP contribution in [0, 0.1) is 6.92 Å². The SMILES string of the molecule is Cc1nsc2c1C(=O)c1ccc(=O)[nH]c1C2=O. The van der Waals surface area contributed by atoms with Gasteiger partial charge in [0.1, 0.15) is 10.6 Å². The van der Waals surface area contributed by atoms with Gasteiger partial charge in [0.05, 0.1) is 16.8 Å². The van der Waals surface area contributed by atoms with E-state index in [9.17, 15) is 14.4 Å². The second kappa shape index (κ2) is 3.21. The molecule has 0 atom stereocenters. The smallest absolute Gasteiger partial charge is 0.248 e. The van der Waals surface area contributed by atoms with Crippen LogP contribution in [-0.4, -0.2) is 20.9 Å². The lowest BCUT2D eigenvalue weighted by Crippen LogP contribution is -2.24. The van der Waals surface area contributed by atoms with Crippen LogP contribution >= 0.6 is 11.5 Å². The number of aryl methyl sites for hydroxylation is 1. The summed E-state index contributed by atoms with van der Waals surface area (Å²) in [6, 6.07) is 2.62. The van der Waals surface area contributed by atoms with E-state index in [4.69, 9.17) is 0 Å². The van der Waals surface area contributed by atoms with Crippen LogP contribution < -0.4 is 5.56 Å². The van der Waals surface area contributed by atoms with Crippen molar-refractivity contribution < 1.29 is 9.59 Å². The monoisotopic (exact) mass is 246 g/mol. The van der Waals surface area contributed by atoms with Crippen molar-refractivity contribution in [2.45, 2.75) is 6.92 Å². The maximum atomic E-state index is 12.1. The summed E-state index contributed by atoms with van der Waals surface area (Å²) in [4.78, 5) is 38.1. The number of ketones is 2. The van der Waals surface area contributed by atoms with E-state index in [-0.39, 0.29) is 22.8 Å². The van der Waals surface area contributed by atoms with Crippen molar-refractivity contribution in [1.82, 2.24) is 9.36 Å². The maximum Gasteiger partial charge on any atom is 0.248 e. The molecule has 17 heavy (non-hydrogen) atoms. The fourth-order valence-corrected chi connectivity index (χ4v) is 2.72. The standard InChI is InChI=1S/C11H6N2O3S/c1-4-7-9(15)5-2-3-6(14)12-8(5)10(16)11(7)17-13-4/h2-3H,1H3,(H,12,14). The van der Waals surface area contributed by atoms with Crippen LogP contribution in [0.15, 0.2) is 16.9 Å². The van der Waals surface area contributed by atoms with Gasteiger partial charge < -0.3 is 4.98 Å². The highest BCUT2D eigenvalue weighted by atomic mass is 32.1. The Kier molecular flexibility index (Phi) is 1.90. The number of hydrogen-bond acceptors (Lipinski definition) is 5. The van der Waals surface area contributed by atoms with Crippen LogP contribution in [0.1, 0.15) is 37.0 Å². The maximum absolute atomic E-state index is 12.1. The Labute approximate surface area is 99.3 Å². The number of fused-ring (bicyclic) bond motifs is 2. The molecule has 2 heterocycles. The minimum atomic E-state index is -0.394. The third kappa shape index (κ3) is 1.24. The molecule has 0 aromatic carbocycles. The molecule has 0 saturated heterocycles. The molecule has 0 bridgehead atoms. The van der Waals surface area contributed by atoms with Crippen molar-refractivity contribution in [2.24, 2.45) is 0 Å². The Bertz CT molecular complexity index is 727. The minimum Gasteiger partial charge on any atom is -0.319 e. The number of nitrogens with zero attached hydrogens (tertiary/aromatic N) is 1.